The molecule has 0 spiro atoms. The smallest absolute Gasteiger partial charge is 0.410 e. The number of nitrogens with zero attached hydrogens (tertiary/aromatic N) is 2. The van der Waals surface area contributed by atoms with E-state index in [0.29, 0.717) is 24.3 Å². The van der Waals surface area contributed by atoms with Crippen LogP contribution in [-0.2, 0) is 4.74 Å². The Balaban J connectivity index is 2.07. The van der Waals surface area contributed by atoms with Gasteiger partial charge in [0.2, 0.25) is 0 Å². The Hall–Kier alpha value is -2.24. The second-order valence-electron chi connectivity index (χ2n) is 7.80. The van der Waals surface area contributed by atoms with Crippen molar-refractivity contribution >= 4 is 17.7 Å². The molecule has 138 valence electrons. The number of nitrogens with two attached hydrogens (primary N) is 1. The lowest BCUT2D eigenvalue weighted by Crippen LogP contribution is -2.48. The predicted octanol–water partition coefficient (Wildman–Crippen LogP) is 3.13. The van der Waals surface area contributed by atoms with E-state index >= 15 is 0 Å². The number of likely N-dealkylation sites (tertiary alicyclic amines) is 1. The molecule has 1 aromatic carbocycles. The van der Waals surface area contributed by atoms with Crippen molar-refractivity contribution < 1.29 is 14.3 Å². The lowest BCUT2D eigenvalue weighted by molar-refractivity contribution is 0.00933. The van der Waals surface area contributed by atoms with Gasteiger partial charge in [-0.05, 0) is 65.3 Å². The summed E-state index contributed by atoms with van der Waals surface area (Å²) in [7, 11) is 0. The normalized spacial score (nSPS) is 17.7. The van der Waals surface area contributed by atoms with E-state index in [1.807, 2.05) is 34.6 Å². The van der Waals surface area contributed by atoms with Gasteiger partial charge >= 0.3 is 6.09 Å². The summed E-state index contributed by atoms with van der Waals surface area (Å²) in [6.45, 7) is 10.6. The predicted molar refractivity (Wildman–Crippen MR) is 98.4 cm³/mol. The van der Waals surface area contributed by atoms with E-state index < -0.39 is 5.60 Å². The molecule has 0 saturated carbocycles. The summed E-state index contributed by atoms with van der Waals surface area (Å²) >= 11 is 0. The zero-order valence-electron chi connectivity index (χ0n) is 15.8. The van der Waals surface area contributed by atoms with Crippen LogP contribution < -0.4 is 5.73 Å². The minimum Gasteiger partial charge on any atom is -0.444 e. The minimum absolute atomic E-state index is 0.00595. The summed E-state index contributed by atoms with van der Waals surface area (Å²) in [5, 5.41) is 0. The van der Waals surface area contributed by atoms with E-state index in [1.54, 1.807) is 34.1 Å². The lowest BCUT2D eigenvalue weighted by Gasteiger charge is -2.34. The van der Waals surface area contributed by atoms with Gasteiger partial charge in [0.1, 0.15) is 5.60 Å². The molecule has 1 saturated heterocycles. The van der Waals surface area contributed by atoms with Crippen molar-refractivity contribution in [1.82, 2.24) is 9.80 Å². The van der Waals surface area contributed by atoms with Crippen molar-refractivity contribution in [2.45, 2.75) is 58.7 Å². The quantitative estimate of drug-likeness (QED) is 0.852. The second kappa shape index (κ2) is 7.33. The van der Waals surface area contributed by atoms with Gasteiger partial charge < -0.3 is 20.3 Å². The lowest BCUT2D eigenvalue weighted by atomic mass is 10.1. The molecule has 1 heterocycles. The summed E-state index contributed by atoms with van der Waals surface area (Å²) in [5.74, 6) is -0.0320. The number of amides is 2. The number of carbonyl (C=O) groups excluding carboxylic acids is 2. The van der Waals surface area contributed by atoms with Crippen LogP contribution in [0.4, 0.5) is 10.5 Å². The molecule has 6 nitrogen and oxygen atoms in total. The molecule has 2 rings (SSSR count). The third-order valence-electron chi connectivity index (χ3n) is 4.16. The van der Waals surface area contributed by atoms with Gasteiger partial charge in [-0.3, -0.25) is 4.79 Å². The standard InChI is InChI=1S/C19H29N3O3/c1-13(2)22(18(24)25-19(3,4)5)16-10-11-21(12-16)17(23)14-6-8-15(20)9-7-14/h6-9,13,16H,10-12,20H2,1-5H3/t16-/m0/s1. The zero-order valence-corrected chi connectivity index (χ0v) is 15.8. The monoisotopic (exact) mass is 347 g/mol. The van der Waals surface area contributed by atoms with E-state index in [4.69, 9.17) is 10.5 Å². The molecule has 0 radical (unpaired) electrons. The van der Waals surface area contributed by atoms with Gasteiger partial charge in [0, 0.05) is 30.4 Å². The fourth-order valence-electron chi connectivity index (χ4n) is 3.06. The third kappa shape index (κ3) is 4.87. The topological polar surface area (TPSA) is 75.9 Å². The number of anilines is 1. The van der Waals surface area contributed by atoms with Gasteiger partial charge in [0.05, 0.1) is 6.04 Å². The Morgan fingerprint density at radius 3 is 2.36 bits per heavy atom. The van der Waals surface area contributed by atoms with Gasteiger partial charge in [-0.1, -0.05) is 0 Å². The Bertz CT molecular complexity index is 620. The highest BCUT2D eigenvalue weighted by Crippen LogP contribution is 2.23. The van der Waals surface area contributed by atoms with Crippen molar-refractivity contribution in [3.63, 3.8) is 0 Å². The summed E-state index contributed by atoms with van der Waals surface area (Å²) < 4.78 is 5.54. The highest BCUT2D eigenvalue weighted by molar-refractivity contribution is 5.94. The molecule has 0 aliphatic carbocycles. The molecule has 1 atom stereocenters. The molecule has 2 N–H and O–H groups in total. The van der Waals surface area contributed by atoms with Crippen LogP contribution >= 0.6 is 0 Å². The molecule has 1 fully saturated rings. The SMILES string of the molecule is CC(C)N(C(=O)OC(C)(C)C)[C@H]1CCN(C(=O)c2ccc(N)cc2)C1. The average Bonchev–Trinajstić information content (AvgIpc) is 2.94. The number of hydrogen-bond donors (Lipinski definition) is 1. The first-order chi connectivity index (χ1) is 11.6. The fourth-order valence-corrected chi connectivity index (χ4v) is 3.06. The first-order valence-electron chi connectivity index (χ1n) is 8.74. The number of ether oxygens (including phenoxy) is 1. The third-order valence-corrected chi connectivity index (χ3v) is 4.16. The van der Waals surface area contributed by atoms with Crippen LogP contribution in [0.3, 0.4) is 0 Å². The van der Waals surface area contributed by atoms with Crippen molar-refractivity contribution in [2.75, 3.05) is 18.8 Å². The summed E-state index contributed by atoms with van der Waals surface area (Å²) in [5.41, 5.74) is 6.38. The van der Waals surface area contributed by atoms with Crippen LogP contribution in [0.1, 0.15) is 51.4 Å². The fraction of sp³-hybridized carbons (Fsp3) is 0.579. The summed E-state index contributed by atoms with van der Waals surface area (Å²) in [6.07, 6.45) is 0.423. The number of rotatable bonds is 3. The Morgan fingerprint density at radius 2 is 1.84 bits per heavy atom. The van der Waals surface area contributed by atoms with Gasteiger partial charge in [0.25, 0.3) is 5.91 Å². The molecule has 1 aromatic rings. The number of hydrogen-bond acceptors (Lipinski definition) is 4. The van der Waals surface area contributed by atoms with Crippen LogP contribution in [0.5, 0.6) is 0 Å². The van der Waals surface area contributed by atoms with Crippen molar-refractivity contribution in [1.29, 1.82) is 0 Å². The van der Waals surface area contributed by atoms with Gasteiger partial charge in [-0.15, -0.1) is 0 Å². The Labute approximate surface area is 149 Å². The molecule has 25 heavy (non-hydrogen) atoms. The largest absolute Gasteiger partial charge is 0.444 e. The first-order valence-corrected chi connectivity index (χ1v) is 8.74. The van der Waals surface area contributed by atoms with E-state index in [9.17, 15) is 9.59 Å². The summed E-state index contributed by atoms with van der Waals surface area (Å²) in [6, 6.07) is 6.89. The molecule has 6 heteroatoms. The van der Waals surface area contributed by atoms with E-state index in [1.165, 1.54) is 0 Å². The summed E-state index contributed by atoms with van der Waals surface area (Å²) in [4.78, 5) is 28.7. The van der Waals surface area contributed by atoms with Gasteiger partial charge in [-0.25, -0.2) is 4.79 Å². The molecule has 0 unspecified atom stereocenters. The Morgan fingerprint density at radius 1 is 1.24 bits per heavy atom. The number of nitrogen functional groups attached to an aromatic ring is 1. The Kier molecular flexibility index (Phi) is 5.60. The number of benzene rings is 1. The average molecular weight is 347 g/mol. The van der Waals surface area contributed by atoms with Crippen LogP contribution in [0.15, 0.2) is 24.3 Å². The maximum absolute atomic E-state index is 12.6. The minimum atomic E-state index is -0.539. The van der Waals surface area contributed by atoms with Gasteiger partial charge in [0.15, 0.2) is 0 Å². The highest BCUT2D eigenvalue weighted by Gasteiger charge is 2.36. The van der Waals surface area contributed by atoms with Crippen LogP contribution in [0.25, 0.3) is 0 Å². The van der Waals surface area contributed by atoms with Crippen LogP contribution in [0, 0.1) is 0 Å². The van der Waals surface area contributed by atoms with Crippen molar-refractivity contribution in [2.24, 2.45) is 0 Å². The van der Waals surface area contributed by atoms with E-state index in [0.717, 1.165) is 6.42 Å². The van der Waals surface area contributed by atoms with E-state index in [2.05, 4.69) is 0 Å². The maximum Gasteiger partial charge on any atom is 0.410 e. The number of carbonyl (C=O) groups is 2. The molecule has 0 bridgehead atoms. The molecule has 2 amide bonds. The van der Waals surface area contributed by atoms with Crippen molar-refractivity contribution in [3.05, 3.63) is 29.8 Å². The van der Waals surface area contributed by atoms with Crippen molar-refractivity contribution in [3.8, 4) is 0 Å². The van der Waals surface area contributed by atoms with Crippen LogP contribution in [-0.4, -0.2) is 52.6 Å². The molecule has 1 aliphatic rings. The second-order valence-corrected chi connectivity index (χ2v) is 7.80. The first kappa shape index (κ1) is 19.1. The molecular weight excluding hydrogens is 318 g/mol. The van der Waals surface area contributed by atoms with Crippen LogP contribution in [0.2, 0.25) is 0 Å². The highest BCUT2D eigenvalue weighted by atomic mass is 16.6. The van der Waals surface area contributed by atoms with Gasteiger partial charge in [-0.2, -0.15) is 0 Å². The molecular formula is C19H29N3O3. The van der Waals surface area contributed by atoms with E-state index in [-0.39, 0.29) is 24.1 Å². The maximum atomic E-state index is 12.6. The zero-order chi connectivity index (χ0) is 18.8. The molecule has 1 aliphatic heterocycles. The molecule has 0 aromatic heterocycles.